The number of carbonyl (C=O) groups is 1. The van der Waals surface area contributed by atoms with Crippen LogP contribution in [0, 0.1) is 0 Å². The highest BCUT2D eigenvalue weighted by Crippen LogP contribution is 2.34. The summed E-state index contributed by atoms with van der Waals surface area (Å²) in [4.78, 5) is 29.8. The summed E-state index contributed by atoms with van der Waals surface area (Å²) in [5, 5.41) is 9.96. The number of fused-ring (bicyclic) bond motifs is 3. The van der Waals surface area contributed by atoms with Crippen LogP contribution < -0.4 is 5.56 Å². The molecule has 166 valence electrons. The van der Waals surface area contributed by atoms with Crippen molar-refractivity contribution in [3.8, 4) is 11.1 Å². The highest BCUT2D eigenvalue weighted by molar-refractivity contribution is 7.08. The zero-order valence-corrected chi connectivity index (χ0v) is 19.2. The average molecular weight is 451 g/mol. The van der Waals surface area contributed by atoms with Gasteiger partial charge in [0.25, 0.3) is 5.56 Å². The second-order valence-electron chi connectivity index (χ2n) is 9.27. The zero-order valence-electron chi connectivity index (χ0n) is 18.4. The van der Waals surface area contributed by atoms with Crippen LogP contribution in [-0.2, 0) is 4.74 Å². The van der Waals surface area contributed by atoms with Gasteiger partial charge in [-0.1, -0.05) is 12.1 Å². The number of piperidine rings is 1. The SMILES string of the molecule is CC(C)(C)OC(=O)N1CCC(c2cc(=O)[nH]c3c4c(-c5ccsc5)cccc4nn23)CC1. The van der Waals surface area contributed by atoms with E-state index >= 15 is 0 Å². The van der Waals surface area contributed by atoms with Gasteiger partial charge >= 0.3 is 6.09 Å². The summed E-state index contributed by atoms with van der Waals surface area (Å²) < 4.78 is 7.40. The molecule has 0 aliphatic carbocycles. The summed E-state index contributed by atoms with van der Waals surface area (Å²) >= 11 is 1.64. The molecule has 0 unspecified atom stereocenters. The fourth-order valence-electron chi connectivity index (χ4n) is 4.42. The summed E-state index contributed by atoms with van der Waals surface area (Å²) in [7, 11) is 0. The van der Waals surface area contributed by atoms with E-state index in [1.54, 1.807) is 22.3 Å². The van der Waals surface area contributed by atoms with Crippen molar-refractivity contribution in [3.63, 3.8) is 0 Å². The molecule has 1 aromatic carbocycles. The highest BCUT2D eigenvalue weighted by atomic mass is 32.1. The molecular weight excluding hydrogens is 424 g/mol. The molecular formula is C24H26N4O3S. The number of amides is 1. The Hall–Kier alpha value is -3.13. The first-order valence-electron chi connectivity index (χ1n) is 10.9. The molecule has 0 saturated carbocycles. The second-order valence-corrected chi connectivity index (χ2v) is 10.1. The number of thiophene rings is 1. The van der Waals surface area contributed by atoms with Crippen molar-refractivity contribution in [3.05, 3.63) is 57.1 Å². The van der Waals surface area contributed by atoms with Crippen LogP contribution in [0.1, 0.15) is 45.2 Å². The Balaban J connectivity index is 1.51. The molecule has 1 N–H and O–H groups in total. The molecule has 32 heavy (non-hydrogen) atoms. The second kappa shape index (κ2) is 7.78. The molecule has 5 rings (SSSR count). The van der Waals surface area contributed by atoms with Gasteiger partial charge < -0.3 is 14.6 Å². The van der Waals surface area contributed by atoms with Crippen LogP contribution >= 0.6 is 11.3 Å². The third-order valence-electron chi connectivity index (χ3n) is 5.86. The number of nitrogens with one attached hydrogen (secondary N) is 1. The van der Waals surface area contributed by atoms with Crippen LogP contribution in [0.2, 0.25) is 0 Å². The van der Waals surface area contributed by atoms with Gasteiger partial charge in [-0.25, -0.2) is 9.31 Å². The van der Waals surface area contributed by atoms with Gasteiger partial charge in [-0.15, -0.1) is 0 Å². The Morgan fingerprint density at radius 1 is 1.22 bits per heavy atom. The third kappa shape index (κ3) is 3.79. The van der Waals surface area contributed by atoms with E-state index in [9.17, 15) is 9.59 Å². The minimum absolute atomic E-state index is 0.135. The molecule has 7 nitrogen and oxygen atoms in total. The number of aromatic nitrogens is 3. The lowest BCUT2D eigenvalue weighted by atomic mass is 9.93. The van der Waals surface area contributed by atoms with E-state index in [4.69, 9.17) is 9.84 Å². The summed E-state index contributed by atoms with van der Waals surface area (Å²) in [5.41, 5.74) is 3.99. The summed E-state index contributed by atoms with van der Waals surface area (Å²) in [6.45, 7) is 6.80. The number of hydrogen-bond acceptors (Lipinski definition) is 5. The molecule has 0 bridgehead atoms. The number of aromatic amines is 1. The van der Waals surface area contributed by atoms with Crippen molar-refractivity contribution >= 4 is 34.0 Å². The Kier molecular flexibility index (Phi) is 5.04. The lowest BCUT2D eigenvalue weighted by molar-refractivity contribution is 0.0203. The van der Waals surface area contributed by atoms with Gasteiger partial charge in [0, 0.05) is 25.1 Å². The number of carbonyl (C=O) groups excluding carboxylic acids is 1. The average Bonchev–Trinajstić information content (AvgIpc) is 3.40. The van der Waals surface area contributed by atoms with Crippen molar-refractivity contribution in [1.29, 1.82) is 0 Å². The van der Waals surface area contributed by atoms with Gasteiger partial charge in [0.15, 0.2) is 0 Å². The zero-order chi connectivity index (χ0) is 22.5. The minimum atomic E-state index is -0.512. The molecule has 1 aliphatic rings. The molecule has 0 radical (unpaired) electrons. The van der Waals surface area contributed by atoms with Gasteiger partial charge in [0.05, 0.1) is 16.6 Å². The van der Waals surface area contributed by atoms with E-state index in [1.165, 1.54) is 0 Å². The van der Waals surface area contributed by atoms with Crippen LogP contribution in [-0.4, -0.2) is 44.3 Å². The standard InChI is InChI=1S/C24H26N4O3S/c1-24(2,3)31-23(30)27-10-7-15(8-11-27)19-13-20(29)25-22-21-17(16-9-12-32-14-16)5-4-6-18(21)26-28(19)22/h4-6,9,12-15H,7-8,10-11H2,1-3H3,(H,25,29). The van der Waals surface area contributed by atoms with E-state index in [1.807, 2.05) is 42.8 Å². The smallest absolute Gasteiger partial charge is 0.410 e. The van der Waals surface area contributed by atoms with Crippen molar-refractivity contribution in [2.75, 3.05) is 13.1 Å². The van der Waals surface area contributed by atoms with E-state index in [0.29, 0.717) is 13.1 Å². The van der Waals surface area contributed by atoms with Gasteiger partial charge in [-0.2, -0.15) is 16.4 Å². The molecule has 8 heteroatoms. The number of nitrogens with zero attached hydrogens (tertiary/aromatic N) is 3. The normalized spacial score (nSPS) is 15.5. The number of hydrogen-bond donors (Lipinski definition) is 1. The third-order valence-corrected chi connectivity index (χ3v) is 6.54. The maximum absolute atomic E-state index is 12.6. The van der Waals surface area contributed by atoms with Crippen LogP contribution in [0.5, 0.6) is 0 Å². The van der Waals surface area contributed by atoms with Crippen molar-refractivity contribution in [1.82, 2.24) is 19.5 Å². The van der Waals surface area contributed by atoms with Gasteiger partial charge in [-0.3, -0.25) is 4.79 Å². The molecule has 1 amide bonds. The minimum Gasteiger partial charge on any atom is -0.444 e. The Morgan fingerprint density at radius 3 is 2.69 bits per heavy atom. The van der Waals surface area contributed by atoms with E-state index in [-0.39, 0.29) is 17.6 Å². The van der Waals surface area contributed by atoms with E-state index in [2.05, 4.69) is 22.5 Å². The van der Waals surface area contributed by atoms with Crippen LogP contribution in [0.25, 0.3) is 27.7 Å². The highest BCUT2D eigenvalue weighted by Gasteiger charge is 2.29. The largest absolute Gasteiger partial charge is 0.444 e. The summed E-state index contributed by atoms with van der Waals surface area (Å²) in [5.74, 6) is 0.136. The van der Waals surface area contributed by atoms with Gasteiger partial charge in [0.1, 0.15) is 11.2 Å². The molecule has 1 aliphatic heterocycles. The topological polar surface area (TPSA) is 79.7 Å². The first-order valence-corrected chi connectivity index (χ1v) is 11.8. The maximum Gasteiger partial charge on any atom is 0.410 e. The summed E-state index contributed by atoms with van der Waals surface area (Å²) in [6.07, 6.45) is 1.23. The van der Waals surface area contributed by atoms with Gasteiger partial charge in [-0.05, 0) is 67.6 Å². The predicted molar refractivity (Wildman–Crippen MR) is 126 cm³/mol. The molecule has 1 fully saturated rings. The van der Waals surface area contributed by atoms with Gasteiger partial charge in [0.2, 0.25) is 0 Å². The first kappa shape index (κ1) is 20.8. The molecule has 1 saturated heterocycles. The Morgan fingerprint density at radius 2 is 2.00 bits per heavy atom. The number of benzene rings is 1. The first-order chi connectivity index (χ1) is 15.3. The predicted octanol–water partition coefficient (Wildman–Crippen LogP) is 5.02. The van der Waals surface area contributed by atoms with E-state index in [0.717, 1.165) is 46.2 Å². The molecule has 3 aromatic heterocycles. The molecule has 0 atom stereocenters. The van der Waals surface area contributed by atoms with Crippen LogP contribution in [0.3, 0.4) is 0 Å². The van der Waals surface area contributed by atoms with Crippen molar-refractivity contribution < 1.29 is 9.53 Å². The monoisotopic (exact) mass is 450 g/mol. The number of rotatable bonds is 2. The van der Waals surface area contributed by atoms with Crippen molar-refractivity contribution in [2.45, 2.75) is 45.1 Å². The van der Waals surface area contributed by atoms with Crippen LogP contribution in [0.15, 0.2) is 45.9 Å². The quantitative estimate of drug-likeness (QED) is 0.465. The number of likely N-dealkylation sites (tertiary alicyclic amines) is 1. The Bertz CT molecular complexity index is 1340. The number of H-pyrrole nitrogens is 1. The molecule has 4 heterocycles. The summed E-state index contributed by atoms with van der Waals surface area (Å²) in [6, 6.07) is 9.77. The van der Waals surface area contributed by atoms with Crippen LogP contribution in [0.4, 0.5) is 4.79 Å². The van der Waals surface area contributed by atoms with E-state index < -0.39 is 5.60 Å². The molecule has 4 aromatic rings. The lowest BCUT2D eigenvalue weighted by Crippen LogP contribution is -2.41. The fraction of sp³-hybridized carbons (Fsp3) is 0.375. The maximum atomic E-state index is 12.6. The molecule has 0 spiro atoms. The van der Waals surface area contributed by atoms with Crippen molar-refractivity contribution in [2.24, 2.45) is 0 Å². The number of ether oxygens (including phenoxy) is 1. The Labute approximate surface area is 189 Å². The fourth-order valence-corrected chi connectivity index (χ4v) is 5.08. The lowest BCUT2D eigenvalue weighted by Gasteiger charge is -2.33.